The highest BCUT2D eigenvalue weighted by atomic mass is 16.6. The maximum Gasteiger partial charge on any atom is 0.277 e. The van der Waals surface area contributed by atoms with Gasteiger partial charge in [-0.05, 0) is 44.7 Å². The van der Waals surface area contributed by atoms with E-state index in [1.807, 2.05) is 48.5 Å². The molecular formula is C25H19NO2. The lowest BCUT2D eigenvalue weighted by atomic mass is 9.81. The molecule has 0 amide bonds. The SMILES string of the molecule is CC1(C)c2ccccc2-c2c(-c3c([N+](=O)[O-])ccc4ccccc34)cccc21. The highest BCUT2D eigenvalue weighted by Gasteiger charge is 2.37. The molecule has 0 aliphatic heterocycles. The number of hydrogen-bond donors (Lipinski definition) is 0. The van der Waals surface area contributed by atoms with Crippen LogP contribution in [0.2, 0.25) is 0 Å². The Bertz CT molecular complexity index is 1270. The highest BCUT2D eigenvalue weighted by molar-refractivity contribution is 6.06. The van der Waals surface area contributed by atoms with Crippen molar-refractivity contribution in [2.24, 2.45) is 0 Å². The van der Waals surface area contributed by atoms with Crippen LogP contribution in [0.3, 0.4) is 0 Å². The van der Waals surface area contributed by atoms with Crippen LogP contribution < -0.4 is 0 Å². The third-order valence-corrected chi connectivity index (χ3v) is 5.98. The second-order valence-corrected chi connectivity index (χ2v) is 7.84. The second-order valence-electron chi connectivity index (χ2n) is 7.84. The monoisotopic (exact) mass is 365 g/mol. The number of benzene rings is 4. The largest absolute Gasteiger partial charge is 0.277 e. The summed E-state index contributed by atoms with van der Waals surface area (Å²) >= 11 is 0. The quantitative estimate of drug-likeness (QED) is 0.292. The maximum atomic E-state index is 11.9. The normalized spacial score (nSPS) is 13.9. The van der Waals surface area contributed by atoms with Crippen molar-refractivity contribution in [3.8, 4) is 22.3 Å². The summed E-state index contributed by atoms with van der Waals surface area (Å²) in [6.07, 6.45) is 0. The predicted molar refractivity (Wildman–Crippen MR) is 114 cm³/mol. The Balaban J connectivity index is 1.95. The molecule has 1 aliphatic carbocycles. The molecule has 136 valence electrons. The van der Waals surface area contributed by atoms with Crippen LogP contribution in [0.5, 0.6) is 0 Å². The Hall–Kier alpha value is -3.46. The van der Waals surface area contributed by atoms with E-state index >= 15 is 0 Å². The first-order valence-corrected chi connectivity index (χ1v) is 9.40. The Kier molecular flexibility index (Phi) is 3.44. The Morgan fingerprint density at radius 2 is 1.39 bits per heavy atom. The summed E-state index contributed by atoms with van der Waals surface area (Å²) < 4.78 is 0. The lowest BCUT2D eigenvalue weighted by Crippen LogP contribution is -2.14. The van der Waals surface area contributed by atoms with Crippen molar-refractivity contribution in [1.29, 1.82) is 0 Å². The van der Waals surface area contributed by atoms with E-state index in [1.165, 1.54) is 16.7 Å². The average molecular weight is 365 g/mol. The van der Waals surface area contributed by atoms with Gasteiger partial charge >= 0.3 is 0 Å². The van der Waals surface area contributed by atoms with Crippen molar-refractivity contribution in [3.05, 3.63) is 100 Å². The van der Waals surface area contributed by atoms with Gasteiger partial charge in [-0.15, -0.1) is 0 Å². The number of fused-ring (bicyclic) bond motifs is 4. The summed E-state index contributed by atoms with van der Waals surface area (Å²) in [5, 5.41) is 13.8. The fraction of sp³-hybridized carbons (Fsp3) is 0.120. The minimum absolute atomic E-state index is 0.138. The van der Waals surface area contributed by atoms with Crippen molar-refractivity contribution in [2.45, 2.75) is 19.3 Å². The first-order chi connectivity index (χ1) is 13.5. The van der Waals surface area contributed by atoms with Gasteiger partial charge in [0.2, 0.25) is 0 Å². The molecule has 0 fully saturated rings. The van der Waals surface area contributed by atoms with E-state index in [4.69, 9.17) is 0 Å². The zero-order valence-corrected chi connectivity index (χ0v) is 15.8. The van der Waals surface area contributed by atoms with Crippen molar-refractivity contribution in [1.82, 2.24) is 0 Å². The van der Waals surface area contributed by atoms with Crippen molar-refractivity contribution < 1.29 is 4.92 Å². The van der Waals surface area contributed by atoms with Gasteiger partial charge in [0.25, 0.3) is 5.69 Å². The van der Waals surface area contributed by atoms with Crippen LogP contribution in [0, 0.1) is 10.1 Å². The second kappa shape index (κ2) is 5.77. The number of nitrogens with zero attached hydrogens (tertiary/aromatic N) is 1. The number of rotatable bonds is 2. The van der Waals surface area contributed by atoms with Gasteiger partial charge in [-0.3, -0.25) is 10.1 Å². The van der Waals surface area contributed by atoms with Gasteiger partial charge in [-0.2, -0.15) is 0 Å². The third-order valence-electron chi connectivity index (χ3n) is 5.98. The molecule has 0 radical (unpaired) electrons. The van der Waals surface area contributed by atoms with Crippen molar-refractivity contribution >= 4 is 16.5 Å². The molecule has 0 saturated heterocycles. The molecule has 28 heavy (non-hydrogen) atoms. The molecule has 0 unspecified atom stereocenters. The van der Waals surface area contributed by atoms with Gasteiger partial charge in [-0.1, -0.05) is 80.6 Å². The minimum Gasteiger partial charge on any atom is -0.258 e. The molecule has 0 aromatic heterocycles. The van der Waals surface area contributed by atoms with Crippen LogP contribution in [-0.4, -0.2) is 4.92 Å². The van der Waals surface area contributed by atoms with E-state index in [2.05, 4.69) is 38.1 Å². The Morgan fingerprint density at radius 3 is 2.21 bits per heavy atom. The Morgan fingerprint density at radius 1 is 0.714 bits per heavy atom. The first kappa shape index (κ1) is 16.7. The molecular weight excluding hydrogens is 346 g/mol. The van der Waals surface area contributed by atoms with Gasteiger partial charge in [-0.25, -0.2) is 0 Å². The Labute approximate surface area is 163 Å². The van der Waals surface area contributed by atoms with Crippen LogP contribution >= 0.6 is 0 Å². The highest BCUT2D eigenvalue weighted by Crippen LogP contribution is 2.53. The summed E-state index contributed by atoms with van der Waals surface area (Å²) in [5.41, 5.74) is 6.40. The zero-order chi connectivity index (χ0) is 19.5. The maximum absolute atomic E-state index is 11.9. The molecule has 0 heterocycles. The zero-order valence-electron chi connectivity index (χ0n) is 15.8. The summed E-state index contributed by atoms with van der Waals surface area (Å²) in [7, 11) is 0. The molecule has 0 N–H and O–H groups in total. The lowest BCUT2D eigenvalue weighted by molar-refractivity contribution is -0.384. The number of nitro groups is 1. The van der Waals surface area contributed by atoms with Crippen LogP contribution in [0.4, 0.5) is 5.69 Å². The molecule has 4 aromatic rings. The molecule has 0 saturated carbocycles. The van der Waals surface area contributed by atoms with Gasteiger partial charge in [0, 0.05) is 11.5 Å². The van der Waals surface area contributed by atoms with Gasteiger partial charge in [0.1, 0.15) is 0 Å². The van der Waals surface area contributed by atoms with E-state index in [9.17, 15) is 10.1 Å². The van der Waals surface area contributed by atoms with Crippen molar-refractivity contribution in [3.63, 3.8) is 0 Å². The van der Waals surface area contributed by atoms with Gasteiger partial charge < -0.3 is 0 Å². The molecule has 0 bridgehead atoms. The van der Waals surface area contributed by atoms with E-state index < -0.39 is 0 Å². The molecule has 0 spiro atoms. The van der Waals surface area contributed by atoms with E-state index in [1.54, 1.807) is 6.07 Å². The smallest absolute Gasteiger partial charge is 0.258 e. The third kappa shape index (κ3) is 2.16. The standard InChI is InChI=1S/C25H19NO2/c1-25(2)20-12-6-5-10-18(20)23-19(11-7-13-21(23)25)24-17-9-4-3-8-16(17)14-15-22(24)26(27)28/h3-15H,1-2H3. The summed E-state index contributed by atoms with van der Waals surface area (Å²) in [6.45, 7) is 4.44. The van der Waals surface area contributed by atoms with Gasteiger partial charge in [0.05, 0.1) is 10.5 Å². The van der Waals surface area contributed by atoms with Crippen LogP contribution in [0.1, 0.15) is 25.0 Å². The minimum atomic E-state index is -0.271. The van der Waals surface area contributed by atoms with E-state index in [0.717, 1.165) is 21.9 Å². The molecule has 3 heteroatoms. The summed E-state index contributed by atoms with van der Waals surface area (Å²) in [6, 6.07) is 25.9. The number of nitro benzene ring substituents is 1. The predicted octanol–water partition coefficient (Wildman–Crippen LogP) is 6.72. The fourth-order valence-corrected chi connectivity index (χ4v) is 4.66. The first-order valence-electron chi connectivity index (χ1n) is 9.40. The molecule has 1 aliphatic rings. The topological polar surface area (TPSA) is 43.1 Å². The van der Waals surface area contributed by atoms with Gasteiger partial charge in [0.15, 0.2) is 0 Å². The van der Waals surface area contributed by atoms with E-state index in [-0.39, 0.29) is 16.0 Å². The summed E-state index contributed by atoms with van der Waals surface area (Å²) in [5.74, 6) is 0. The molecule has 0 atom stereocenters. The lowest BCUT2D eigenvalue weighted by Gasteiger charge is -2.21. The summed E-state index contributed by atoms with van der Waals surface area (Å²) in [4.78, 5) is 11.6. The van der Waals surface area contributed by atoms with Crippen LogP contribution in [0.15, 0.2) is 78.9 Å². The average Bonchev–Trinajstić information content (AvgIpc) is 2.95. The molecule has 5 rings (SSSR count). The molecule has 4 aromatic carbocycles. The number of hydrogen-bond acceptors (Lipinski definition) is 2. The van der Waals surface area contributed by atoms with Crippen LogP contribution in [-0.2, 0) is 5.41 Å². The van der Waals surface area contributed by atoms with Crippen LogP contribution in [0.25, 0.3) is 33.0 Å². The fourth-order valence-electron chi connectivity index (χ4n) is 4.66. The van der Waals surface area contributed by atoms with Crippen molar-refractivity contribution in [2.75, 3.05) is 0 Å². The molecule has 3 nitrogen and oxygen atoms in total. The van der Waals surface area contributed by atoms with E-state index in [0.29, 0.717) is 5.56 Å².